The molecule has 0 radical (unpaired) electrons. The van der Waals surface area contributed by atoms with Crippen LogP contribution in [-0.2, 0) is 19.1 Å². The predicted molar refractivity (Wildman–Crippen MR) is 76.1 cm³/mol. The van der Waals surface area contributed by atoms with Gasteiger partial charge in [-0.2, -0.15) is 0 Å². The SMILES string of the molecule is COC(=O)CC1OCC=CCOc2ccccc2NC1=O. The lowest BCUT2D eigenvalue weighted by atomic mass is 10.2. The van der Waals surface area contributed by atoms with Gasteiger partial charge in [0, 0.05) is 0 Å². The van der Waals surface area contributed by atoms with E-state index in [1.807, 2.05) is 6.07 Å². The third-order valence-corrected chi connectivity index (χ3v) is 2.91. The van der Waals surface area contributed by atoms with Crippen molar-refractivity contribution in [3.8, 4) is 5.75 Å². The van der Waals surface area contributed by atoms with Crippen LogP contribution < -0.4 is 10.1 Å². The van der Waals surface area contributed by atoms with Gasteiger partial charge in [0.1, 0.15) is 18.5 Å². The molecule has 0 saturated heterocycles. The van der Waals surface area contributed by atoms with E-state index >= 15 is 0 Å². The molecule has 1 aliphatic heterocycles. The smallest absolute Gasteiger partial charge is 0.308 e. The first-order chi connectivity index (χ1) is 10.2. The zero-order valence-electron chi connectivity index (χ0n) is 11.7. The Morgan fingerprint density at radius 1 is 1.33 bits per heavy atom. The number of carbonyl (C=O) groups is 2. The van der Waals surface area contributed by atoms with Gasteiger partial charge >= 0.3 is 5.97 Å². The van der Waals surface area contributed by atoms with Gasteiger partial charge in [0.15, 0.2) is 0 Å². The Hall–Kier alpha value is -2.34. The number of methoxy groups -OCH3 is 1. The average molecular weight is 291 g/mol. The van der Waals surface area contributed by atoms with E-state index in [0.717, 1.165) is 0 Å². The number of esters is 1. The molecule has 6 nitrogen and oxygen atoms in total. The maximum atomic E-state index is 12.2. The highest BCUT2D eigenvalue weighted by molar-refractivity contribution is 5.97. The first kappa shape index (κ1) is 15.1. The molecule has 1 aromatic carbocycles. The molecule has 0 saturated carbocycles. The van der Waals surface area contributed by atoms with Crippen LogP contribution in [0.4, 0.5) is 5.69 Å². The molecule has 1 atom stereocenters. The Morgan fingerprint density at radius 3 is 2.90 bits per heavy atom. The van der Waals surface area contributed by atoms with Gasteiger partial charge in [-0.1, -0.05) is 18.2 Å². The molecule has 21 heavy (non-hydrogen) atoms. The van der Waals surface area contributed by atoms with Gasteiger partial charge in [-0.15, -0.1) is 0 Å². The summed E-state index contributed by atoms with van der Waals surface area (Å²) in [5.74, 6) is -0.348. The number of ether oxygens (including phenoxy) is 3. The molecule has 112 valence electrons. The molecule has 6 heteroatoms. The van der Waals surface area contributed by atoms with Crippen molar-refractivity contribution in [1.29, 1.82) is 0 Å². The number of benzene rings is 1. The van der Waals surface area contributed by atoms with Gasteiger partial charge < -0.3 is 19.5 Å². The Bertz CT molecular complexity index is 541. The molecule has 0 aliphatic carbocycles. The van der Waals surface area contributed by atoms with Gasteiger partial charge in [0.05, 0.1) is 25.8 Å². The number of anilines is 1. The van der Waals surface area contributed by atoms with Crippen LogP contribution in [0.2, 0.25) is 0 Å². The Balaban J connectivity index is 2.20. The number of carbonyl (C=O) groups excluding carboxylic acids is 2. The summed E-state index contributed by atoms with van der Waals surface area (Å²) in [5, 5.41) is 2.71. The van der Waals surface area contributed by atoms with E-state index in [1.54, 1.807) is 30.4 Å². The minimum atomic E-state index is -0.909. The van der Waals surface area contributed by atoms with Crippen LogP contribution in [0.5, 0.6) is 5.75 Å². The van der Waals surface area contributed by atoms with Crippen molar-refractivity contribution in [2.75, 3.05) is 25.6 Å². The van der Waals surface area contributed by atoms with Gasteiger partial charge in [0.25, 0.3) is 5.91 Å². The number of hydrogen-bond acceptors (Lipinski definition) is 5. The number of rotatable bonds is 2. The van der Waals surface area contributed by atoms with Gasteiger partial charge in [-0.05, 0) is 18.2 Å². The molecule has 1 amide bonds. The highest BCUT2D eigenvalue weighted by atomic mass is 16.5. The minimum Gasteiger partial charge on any atom is -0.487 e. The number of fused-ring (bicyclic) bond motifs is 1. The molecule has 0 spiro atoms. The summed E-state index contributed by atoms with van der Waals surface area (Å²) < 4.78 is 15.6. The minimum absolute atomic E-state index is 0.140. The number of nitrogens with one attached hydrogen (secondary N) is 1. The second-order valence-corrected chi connectivity index (χ2v) is 4.37. The van der Waals surface area contributed by atoms with E-state index < -0.39 is 18.0 Å². The second-order valence-electron chi connectivity index (χ2n) is 4.37. The lowest BCUT2D eigenvalue weighted by Crippen LogP contribution is -2.33. The van der Waals surface area contributed by atoms with Crippen LogP contribution in [0.15, 0.2) is 36.4 Å². The largest absolute Gasteiger partial charge is 0.487 e. The summed E-state index contributed by atoms with van der Waals surface area (Å²) in [5.41, 5.74) is 0.538. The maximum absolute atomic E-state index is 12.2. The summed E-state index contributed by atoms with van der Waals surface area (Å²) in [6.07, 6.45) is 2.49. The van der Waals surface area contributed by atoms with E-state index in [-0.39, 0.29) is 13.0 Å². The number of hydrogen-bond donors (Lipinski definition) is 1. The molecule has 0 fully saturated rings. The average Bonchev–Trinajstić information content (AvgIpc) is 2.52. The molecule has 1 heterocycles. The van der Waals surface area contributed by atoms with Crippen molar-refractivity contribution >= 4 is 17.6 Å². The van der Waals surface area contributed by atoms with Crippen LogP contribution in [0, 0.1) is 0 Å². The summed E-state index contributed by atoms with van der Waals surface area (Å²) in [6, 6.07) is 7.09. The lowest BCUT2D eigenvalue weighted by Gasteiger charge is -2.16. The molecule has 2 rings (SSSR count). The Kier molecular flexibility index (Phi) is 5.34. The topological polar surface area (TPSA) is 73.9 Å². The van der Waals surface area contributed by atoms with Crippen molar-refractivity contribution in [3.05, 3.63) is 36.4 Å². The van der Waals surface area contributed by atoms with Crippen LogP contribution >= 0.6 is 0 Å². The normalized spacial score (nSPS) is 18.7. The predicted octanol–water partition coefficient (Wildman–Crippen LogP) is 1.52. The monoisotopic (exact) mass is 291 g/mol. The fourth-order valence-corrected chi connectivity index (χ4v) is 1.82. The standard InChI is InChI=1S/C15H17NO5/c1-19-14(17)10-13-15(18)16-11-6-2-3-7-12(11)20-8-4-5-9-21-13/h2-7,13H,8-10H2,1H3,(H,16,18). The molecule has 1 aromatic rings. The third-order valence-electron chi connectivity index (χ3n) is 2.91. The molecular weight excluding hydrogens is 274 g/mol. The van der Waals surface area contributed by atoms with Crippen LogP contribution in [0.25, 0.3) is 0 Å². The number of para-hydroxylation sites is 2. The fourth-order valence-electron chi connectivity index (χ4n) is 1.82. The van der Waals surface area contributed by atoms with Crippen molar-refractivity contribution in [2.24, 2.45) is 0 Å². The molecule has 1 unspecified atom stereocenters. The maximum Gasteiger partial charge on any atom is 0.308 e. The van der Waals surface area contributed by atoms with Crippen molar-refractivity contribution < 1.29 is 23.8 Å². The molecule has 1 aliphatic rings. The van der Waals surface area contributed by atoms with E-state index in [2.05, 4.69) is 10.1 Å². The first-order valence-corrected chi connectivity index (χ1v) is 6.57. The summed E-state index contributed by atoms with van der Waals surface area (Å²) in [4.78, 5) is 23.6. The van der Waals surface area contributed by atoms with E-state index in [1.165, 1.54) is 7.11 Å². The molecular formula is C15H17NO5. The number of amides is 1. The van der Waals surface area contributed by atoms with Gasteiger partial charge in [-0.3, -0.25) is 9.59 Å². The zero-order chi connectivity index (χ0) is 15.1. The van der Waals surface area contributed by atoms with Gasteiger partial charge in [0.2, 0.25) is 0 Å². The summed E-state index contributed by atoms with van der Waals surface area (Å²) in [6.45, 7) is 0.590. The quantitative estimate of drug-likeness (QED) is 0.660. The molecule has 0 aromatic heterocycles. The Morgan fingerprint density at radius 2 is 2.10 bits per heavy atom. The zero-order valence-corrected chi connectivity index (χ0v) is 11.7. The lowest BCUT2D eigenvalue weighted by molar-refractivity contribution is -0.147. The van der Waals surface area contributed by atoms with Gasteiger partial charge in [-0.25, -0.2) is 0 Å². The van der Waals surface area contributed by atoms with Crippen molar-refractivity contribution in [3.63, 3.8) is 0 Å². The highest BCUT2D eigenvalue weighted by Crippen LogP contribution is 2.24. The fraction of sp³-hybridized carbons (Fsp3) is 0.333. The summed E-state index contributed by atoms with van der Waals surface area (Å²) >= 11 is 0. The highest BCUT2D eigenvalue weighted by Gasteiger charge is 2.24. The van der Waals surface area contributed by atoms with Crippen LogP contribution in [0.3, 0.4) is 0 Å². The Labute approximate surface area is 122 Å². The summed E-state index contributed by atoms with van der Waals surface area (Å²) in [7, 11) is 1.27. The van der Waals surface area contributed by atoms with E-state index in [9.17, 15) is 9.59 Å². The van der Waals surface area contributed by atoms with Crippen molar-refractivity contribution in [1.82, 2.24) is 0 Å². The molecule has 1 N–H and O–H groups in total. The van der Waals surface area contributed by atoms with Crippen LogP contribution in [-0.4, -0.2) is 38.3 Å². The van der Waals surface area contributed by atoms with E-state index in [0.29, 0.717) is 18.0 Å². The molecule has 0 bridgehead atoms. The second kappa shape index (κ2) is 7.44. The third kappa shape index (κ3) is 4.32. The van der Waals surface area contributed by atoms with E-state index in [4.69, 9.17) is 9.47 Å². The first-order valence-electron chi connectivity index (χ1n) is 6.57. The van der Waals surface area contributed by atoms with Crippen molar-refractivity contribution in [2.45, 2.75) is 12.5 Å². The van der Waals surface area contributed by atoms with Crippen LogP contribution in [0.1, 0.15) is 6.42 Å².